The number of nitrogens with zero attached hydrogens (tertiary/aromatic N) is 1. The quantitative estimate of drug-likeness (QED) is 0.866. The Morgan fingerprint density at radius 3 is 2.26 bits per heavy atom. The fraction of sp³-hybridized carbons (Fsp3) is 0.0769. The van der Waals surface area contributed by atoms with Crippen LogP contribution in [0, 0.1) is 0 Å². The molecule has 19 heavy (non-hydrogen) atoms. The largest absolute Gasteiger partial charge is 0.298 e. The predicted molar refractivity (Wildman–Crippen MR) is 73.5 cm³/mol. The highest BCUT2D eigenvalue weighted by molar-refractivity contribution is 7.92. The molecule has 0 spiro atoms. The Kier molecular flexibility index (Phi) is 3.62. The van der Waals surface area contributed by atoms with Gasteiger partial charge in [-0.15, -0.1) is 0 Å². The summed E-state index contributed by atoms with van der Waals surface area (Å²) in [5.41, 5.74) is 2.57. The van der Waals surface area contributed by atoms with Crippen molar-refractivity contribution in [3.8, 4) is 11.3 Å². The Labute approximate surface area is 111 Å². The number of anilines is 1. The molecule has 6 heteroatoms. The third kappa shape index (κ3) is 3.62. The molecule has 0 aliphatic heterocycles. The van der Waals surface area contributed by atoms with Crippen LogP contribution in [0.2, 0.25) is 0 Å². The van der Waals surface area contributed by atoms with Crippen LogP contribution in [0.1, 0.15) is 10.4 Å². The van der Waals surface area contributed by atoms with Gasteiger partial charge in [-0.1, -0.05) is 12.1 Å². The number of hydrogen-bond donors (Lipinski definition) is 1. The Morgan fingerprint density at radius 1 is 1.11 bits per heavy atom. The average Bonchev–Trinajstić information content (AvgIpc) is 2.38. The van der Waals surface area contributed by atoms with Gasteiger partial charge >= 0.3 is 0 Å². The number of carbonyl (C=O) groups is 1. The summed E-state index contributed by atoms with van der Waals surface area (Å²) in [4.78, 5) is 14.7. The van der Waals surface area contributed by atoms with Gasteiger partial charge in [-0.05, 0) is 24.3 Å². The smallest absolute Gasteiger partial charge is 0.229 e. The first-order chi connectivity index (χ1) is 8.98. The van der Waals surface area contributed by atoms with Gasteiger partial charge in [0, 0.05) is 23.0 Å². The average molecular weight is 276 g/mol. The van der Waals surface area contributed by atoms with E-state index in [4.69, 9.17) is 0 Å². The van der Waals surface area contributed by atoms with Crippen LogP contribution >= 0.6 is 0 Å². The molecule has 0 bridgehead atoms. The highest BCUT2D eigenvalue weighted by Gasteiger charge is 2.03. The monoisotopic (exact) mass is 276 g/mol. The molecule has 0 aliphatic carbocycles. The molecule has 0 unspecified atom stereocenters. The molecule has 0 radical (unpaired) electrons. The fourth-order valence-electron chi connectivity index (χ4n) is 1.57. The van der Waals surface area contributed by atoms with Gasteiger partial charge in [0.2, 0.25) is 10.0 Å². The van der Waals surface area contributed by atoms with Gasteiger partial charge in [-0.3, -0.25) is 14.5 Å². The summed E-state index contributed by atoms with van der Waals surface area (Å²) in [6, 6.07) is 10.3. The van der Waals surface area contributed by atoms with Crippen molar-refractivity contribution in [1.82, 2.24) is 4.98 Å². The number of benzene rings is 1. The second-order valence-corrected chi connectivity index (χ2v) is 5.79. The number of sulfonamides is 1. The first kappa shape index (κ1) is 13.2. The van der Waals surface area contributed by atoms with Crippen molar-refractivity contribution in [2.45, 2.75) is 0 Å². The molecule has 98 valence electrons. The molecule has 5 nitrogen and oxygen atoms in total. The van der Waals surface area contributed by atoms with Gasteiger partial charge in [0.05, 0.1) is 11.9 Å². The van der Waals surface area contributed by atoms with Gasteiger partial charge in [0.1, 0.15) is 0 Å². The Balaban J connectivity index is 2.24. The van der Waals surface area contributed by atoms with Crippen molar-refractivity contribution in [2.24, 2.45) is 0 Å². The lowest BCUT2D eigenvalue weighted by Crippen LogP contribution is -2.09. The van der Waals surface area contributed by atoms with Crippen molar-refractivity contribution in [1.29, 1.82) is 0 Å². The molecule has 0 amide bonds. The zero-order valence-corrected chi connectivity index (χ0v) is 11.0. The van der Waals surface area contributed by atoms with Crippen LogP contribution in [-0.4, -0.2) is 25.9 Å². The predicted octanol–water partition coefficient (Wildman–Crippen LogP) is 1.93. The van der Waals surface area contributed by atoms with E-state index in [1.54, 1.807) is 36.4 Å². The molecule has 0 saturated heterocycles. The van der Waals surface area contributed by atoms with Crippen molar-refractivity contribution >= 4 is 22.0 Å². The first-order valence-corrected chi connectivity index (χ1v) is 7.36. The molecule has 2 rings (SSSR count). The summed E-state index contributed by atoms with van der Waals surface area (Å²) in [7, 11) is -3.27. The highest BCUT2D eigenvalue weighted by atomic mass is 32.2. The van der Waals surface area contributed by atoms with Crippen molar-refractivity contribution in [2.75, 3.05) is 11.0 Å². The van der Waals surface area contributed by atoms with E-state index in [1.807, 2.05) is 0 Å². The van der Waals surface area contributed by atoms with E-state index in [2.05, 4.69) is 9.71 Å². The Morgan fingerprint density at radius 2 is 1.79 bits per heavy atom. The van der Waals surface area contributed by atoms with E-state index in [0.29, 0.717) is 11.3 Å². The van der Waals surface area contributed by atoms with E-state index >= 15 is 0 Å². The molecule has 1 heterocycles. The summed E-state index contributed by atoms with van der Waals surface area (Å²) in [6.07, 6.45) is 3.32. The maximum Gasteiger partial charge on any atom is 0.229 e. The molecule has 0 saturated carbocycles. The van der Waals surface area contributed by atoms with Gasteiger partial charge < -0.3 is 0 Å². The maximum atomic E-state index is 11.1. The first-order valence-electron chi connectivity index (χ1n) is 5.47. The third-order valence-electron chi connectivity index (χ3n) is 2.41. The van der Waals surface area contributed by atoms with Crippen molar-refractivity contribution in [3.63, 3.8) is 0 Å². The van der Waals surface area contributed by atoms with Crippen LogP contribution in [0.4, 0.5) is 5.69 Å². The highest BCUT2D eigenvalue weighted by Crippen LogP contribution is 2.19. The van der Waals surface area contributed by atoms with E-state index in [0.717, 1.165) is 23.8 Å². The van der Waals surface area contributed by atoms with E-state index < -0.39 is 10.0 Å². The van der Waals surface area contributed by atoms with Crippen LogP contribution < -0.4 is 4.72 Å². The number of aldehydes is 1. The van der Waals surface area contributed by atoms with E-state index in [-0.39, 0.29) is 0 Å². The molecule has 0 aliphatic rings. The Bertz CT molecular complexity index is 677. The molecule has 2 aromatic rings. The van der Waals surface area contributed by atoms with Gasteiger partial charge in [-0.2, -0.15) is 0 Å². The zero-order valence-electron chi connectivity index (χ0n) is 10.2. The number of hydrogen-bond acceptors (Lipinski definition) is 4. The lowest BCUT2D eigenvalue weighted by molar-refractivity contribution is 0.112. The summed E-state index contributed by atoms with van der Waals surface area (Å²) < 4.78 is 24.5. The van der Waals surface area contributed by atoms with E-state index in [1.165, 1.54) is 6.20 Å². The molecular weight excluding hydrogens is 264 g/mol. The standard InChI is InChI=1S/C13H12N2O3S/c1-19(17,18)15-12-5-3-11(4-6-12)13-7-2-10(9-16)8-14-13/h2-9,15H,1H3. The molecule has 1 aromatic heterocycles. The molecule has 1 aromatic carbocycles. The lowest BCUT2D eigenvalue weighted by atomic mass is 10.1. The van der Waals surface area contributed by atoms with Crippen molar-refractivity contribution < 1.29 is 13.2 Å². The SMILES string of the molecule is CS(=O)(=O)Nc1ccc(-c2ccc(C=O)cn2)cc1. The number of pyridine rings is 1. The van der Waals surface area contributed by atoms with Gasteiger partial charge in [0.15, 0.2) is 6.29 Å². The second kappa shape index (κ2) is 5.19. The molecule has 1 N–H and O–H groups in total. The Hall–Kier alpha value is -2.21. The summed E-state index contributed by atoms with van der Waals surface area (Å²) >= 11 is 0. The second-order valence-electron chi connectivity index (χ2n) is 4.05. The van der Waals surface area contributed by atoms with Crippen LogP contribution in [0.15, 0.2) is 42.6 Å². The number of aromatic nitrogens is 1. The van der Waals surface area contributed by atoms with Gasteiger partial charge in [0.25, 0.3) is 0 Å². The molecule has 0 atom stereocenters. The summed E-state index contributed by atoms with van der Waals surface area (Å²) in [5, 5.41) is 0. The van der Waals surface area contributed by atoms with Gasteiger partial charge in [-0.25, -0.2) is 8.42 Å². The number of nitrogens with one attached hydrogen (secondary N) is 1. The molecular formula is C13H12N2O3S. The van der Waals surface area contributed by atoms with Crippen LogP contribution in [0.3, 0.4) is 0 Å². The van der Waals surface area contributed by atoms with E-state index in [9.17, 15) is 13.2 Å². The minimum atomic E-state index is -3.27. The summed E-state index contributed by atoms with van der Waals surface area (Å²) in [5.74, 6) is 0. The topological polar surface area (TPSA) is 76.1 Å². The lowest BCUT2D eigenvalue weighted by Gasteiger charge is -2.05. The number of rotatable bonds is 4. The van der Waals surface area contributed by atoms with Crippen LogP contribution in [-0.2, 0) is 10.0 Å². The third-order valence-corrected chi connectivity index (χ3v) is 3.01. The molecule has 0 fully saturated rings. The normalized spacial score (nSPS) is 11.0. The van der Waals surface area contributed by atoms with Crippen molar-refractivity contribution in [3.05, 3.63) is 48.2 Å². The zero-order chi connectivity index (χ0) is 13.9. The van der Waals surface area contributed by atoms with Crippen LogP contribution in [0.25, 0.3) is 11.3 Å². The van der Waals surface area contributed by atoms with Crippen LogP contribution in [0.5, 0.6) is 0 Å². The fourth-order valence-corrected chi connectivity index (χ4v) is 2.13. The number of carbonyl (C=O) groups excluding carboxylic acids is 1. The minimum absolute atomic E-state index is 0.496. The maximum absolute atomic E-state index is 11.1. The minimum Gasteiger partial charge on any atom is -0.298 e. The summed E-state index contributed by atoms with van der Waals surface area (Å²) in [6.45, 7) is 0.